The Bertz CT molecular complexity index is 1210. The van der Waals surface area contributed by atoms with Crippen molar-refractivity contribution in [2.75, 3.05) is 20.8 Å². The van der Waals surface area contributed by atoms with Crippen LogP contribution < -0.4 is 14.6 Å². The average molecular weight is 434 g/mol. The molecule has 9 heteroatoms. The maximum Gasteiger partial charge on any atom is 0.277 e. The summed E-state index contributed by atoms with van der Waals surface area (Å²) in [5.74, 6) is 1.14. The molecule has 1 aliphatic rings. The van der Waals surface area contributed by atoms with E-state index in [2.05, 4.69) is 4.98 Å². The topological polar surface area (TPSA) is 94.7 Å². The van der Waals surface area contributed by atoms with E-state index in [0.717, 1.165) is 27.6 Å². The molecule has 7 nitrogen and oxygen atoms in total. The summed E-state index contributed by atoms with van der Waals surface area (Å²) in [5, 5.41) is 6.58. The highest BCUT2D eigenvalue weighted by Gasteiger charge is 2.24. The van der Waals surface area contributed by atoms with Crippen molar-refractivity contribution < 1.29 is 17.9 Å². The summed E-state index contributed by atoms with van der Waals surface area (Å²) in [7, 11) is -0.596. The van der Waals surface area contributed by atoms with Gasteiger partial charge in [-0.15, -0.1) is 0 Å². The number of rotatable bonds is 4. The molecule has 0 unspecified atom stereocenters. The van der Waals surface area contributed by atoms with E-state index in [1.807, 2.05) is 18.2 Å². The van der Waals surface area contributed by atoms with Gasteiger partial charge in [0.25, 0.3) is 10.2 Å². The Morgan fingerprint density at radius 2 is 1.83 bits per heavy atom. The maximum atomic E-state index is 11.7. The lowest BCUT2D eigenvalue weighted by Crippen LogP contribution is -2.40. The molecule has 1 aliphatic heterocycles. The van der Waals surface area contributed by atoms with E-state index in [9.17, 15) is 8.42 Å². The van der Waals surface area contributed by atoms with Crippen LogP contribution in [0.3, 0.4) is 0 Å². The van der Waals surface area contributed by atoms with E-state index in [4.69, 9.17) is 26.2 Å². The monoisotopic (exact) mass is 433 g/mol. The van der Waals surface area contributed by atoms with Crippen LogP contribution in [0.5, 0.6) is 11.5 Å². The van der Waals surface area contributed by atoms with E-state index >= 15 is 0 Å². The van der Waals surface area contributed by atoms with E-state index in [1.54, 1.807) is 32.5 Å². The van der Waals surface area contributed by atoms with Crippen LogP contribution in [0.25, 0.3) is 22.0 Å². The molecule has 2 N–H and O–H groups in total. The van der Waals surface area contributed by atoms with Gasteiger partial charge in [-0.25, -0.2) is 5.14 Å². The van der Waals surface area contributed by atoms with Crippen molar-refractivity contribution in [2.24, 2.45) is 5.14 Å². The van der Waals surface area contributed by atoms with Crippen LogP contribution in [-0.4, -0.2) is 38.5 Å². The second kappa shape index (κ2) is 7.46. The third-order valence-electron chi connectivity index (χ3n) is 5.16. The van der Waals surface area contributed by atoms with Gasteiger partial charge in [-0.1, -0.05) is 23.7 Å². The molecule has 0 amide bonds. The smallest absolute Gasteiger partial charge is 0.277 e. The molecule has 0 spiro atoms. The van der Waals surface area contributed by atoms with Crippen LogP contribution in [0.15, 0.2) is 36.5 Å². The zero-order chi connectivity index (χ0) is 20.8. The van der Waals surface area contributed by atoms with E-state index in [-0.39, 0.29) is 6.54 Å². The maximum absolute atomic E-state index is 11.7. The SMILES string of the molecule is COc1cc2ncc(-c3ccc4c(c3)CN(S(N)(=O)=O)CC4)c(Cl)c2cc1OC. The predicted molar refractivity (Wildman–Crippen MR) is 113 cm³/mol. The van der Waals surface area contributed by atoms with Crippen molar-refractivity contribution >= 4 is 32.7 Å². The molecule has 2 heterocycles. The Morgan fingerprint density at radius 1 is 1.10 bits per heavy atom. The fourth-order valence-electron chi connectivity index (χ4n) is 3.60. The van der Waals surface area contributed by atoms with Gasteiger partial charge in [-0.05, 0) is 35.2 Å². The Morgan fingerprint density at radius 3 is 2.52 bits per heavy atom. The zero-order valence-corrected chi connectivity index (χ0v) is 17.5. The summed E-state index contributed by atoms with van der Waals surface area (Å²) in [4.78, 5) is 4.52. The summed E-state index contributed by atoms with van der Waals surface area (Å²) in [5.41, 5.74) is 4.31. The third kappa shape index (κ3) is 3.64. The van der Waals surface area contributed by atoms with Crippen molar-refractivity contribution in [1.29, 1.82) is 0 Å². The molecule has 1 aromatic heterocycles. The number of pyridine rings is 1. The van der Waals surface area contributed by atoms with Gasteiger partial charge in [0.15, 0.2) is 11.5 Å². The molecule has 0 fully saturated rings. The zero-order valence-electron chi connectivity index (χ0n) is 16.0. The lowest BCUT2D eigenvalue weighted by atomic mass is 9.95. The molecule has 0 atom stereocenters. The molecule has 0 bridgehead atoms. The Hall–Kier alpha value is -2.39. The fraction of sp³-hybridized carbons (Fsp3) is 0.250. The first-order chi connectivity index (χ1) is 13.8. The fourth-order valence-corrected chi connectivity index (χ4v) is 4.58. The Labute approximate surface area is 174 Å². The minimum atomic E-state index is -3.73. The van der Waals surface area contributed by atoms with E-state index in [1.165, 1.54) is 4.31 Å². The van der Waals surface area contributed by atoms with Gasteiger partial charge in [0.1, 0.15) is 0 Å². The van der Waals surface area contributed by atoms with Crippen molar-refractivity contribution in [1.82, 2.24) is 9.29 Å². The lowest BCUT2D eigenvalue weighted by molar-refractivity contribution is 0.356. The molecule has 0 radical (unpaired) electrons. The molecule has 29 heavy (non-hydrogen) atoms. The van der Waals surface area contributed by atoms with Gasteiger partial charge in [0.05, 0.1) is 24.8 Å². The van der Waals surface area contributed by atoms with Crippen molar-refractivity contribution in [3.8, 4) is 22.6 Å². The van der Waals surface area contributed by atoms with E-state index < -0.39 is 10.2 Å². The molecule has 152 valence electrons. The van der Waals surface area contributed by atoms with Crippen LogP contribution in [0.2, 0.25) is 5.02 Å². The molecule has 3 aromatic rings. The molecular weight excluding hydrogens is 414 g/mol. The van der Waals surface area contributed by atoms with Crippen LogP contribution in [0.1, 0.15) is 11.1 Å². The minimum absolute atomic E-state index is 0.242. The summed E-state index contributed by atoms with van der Waals surface area (Å²) in [6.07, 6.45) is 2.32. The largest absolute Gasteiger partial charge is 0.493 e. The molecule has 4 rings (SSSR count). The van der Waals surface area contributed by atoms with Crippen LogP contribution in [0, 0.1) is 0 Å². The van der Waals surface area contributed by atoms with Gasteiger partial charge >= 0.3 is 0 Å². The van der Waals surface area contributed by atoms with Gasteiger partial charge in [0, 0.05) is 36.3 Å². The number of fused-ring (bicyclic) bond motifs is 2. The number of hydrogen-bond donors (Lipinski definition) is 1. The predicted octanol–water partition coefficient (Wildman–Crippen LogP) is 3.13. The number of benzene rings is 2. The van der Waals surface area contributed by atoms with Crippen molar-refractivity contribution in [2.45, 2.75) is 13.0 Å². The van der Waals surface area contributed by atoms with Crippen molar-refractivity contribution in [3.63, 3.8) is 0 Å². The van der Waals surface area contributed by atoms with Gasteiger partial charge in [-0.3, -0.25) is 4.98 Å². The molecule has 0 aliphatic carbocycles. The molecule has 2 aromatic carbocycles. The molecule has 0 saturated heterocycles. The standard InChI is InChI=1S/C20H20ClN3O4S/c1-27-18-8-15-17(9-19(18)28-2)23-10-16(20(15)21)13-4-3-12-5-6-24(29(22,25)26)11-14(12)7-13/h3-4,7-10H,5-6,11H2,1-2H3,(H2,22,25,26). The Kier molecular flexibility index (Phi) is 5.12. The second-order valence-electron chi connectivity index (χ2n) is 6.82. The third-order valence-corrected chi connectivity index (χ3v) is 6.60. The minimum Gasteiger partial charge on any atom is -0.493 e. The Balaban J connectivity index is 1.80. The number of hydrogen-bond acceptors (Lipinski definition) is 5. The number of nitrogens with zero attached hydrogens (tertiary/aromatic N) is 2. The van der Waals surface area contributed by atoms with Crippen LogP contribution in [-0.2, 0) is 23.2 Å². The number of methoxy groups -OCH3 is 2. The number of ether oxygens (including phenoxy) is 2. The van der Waals surface area contributed by atoms with Gasteiger partial charge < -0.3 is 9.47 Å². The molecular formula is C20H20ClN3O4S. The normalized spacial score (nSPS) is 14.6. The summed E-state index contributed by atoms with van der Waals surface area (Å²) in [6.45, 7) is 0.622. The highest BCUT2D eigenvalue weighted by Crippen LogP contribution is 2.39. The number of aromatic nitrogens is 1. The summed E-state index contributed by atoms with van der Waals surface area (Å²) < 4.78 is 35.4. The summed E-state index contributed by atoms with van der Waals surface area (Å²) in [6, 6.07) is 9.50. The molecule has 0 saturated carbocycles. The van der Waals surface area contributed by atoms with Gasteiger partial charge in [0.2, 0.25) is 0 Å². The summed E-state index contributed by atoms with van der Waals surface area (Å²) >= 11 is 6.72. The number of nitrogens with two attached hydrogens (primary N) is 1. The van der Waals surface area contributed by atoms with Crippen LogP contribution in [0.4, 0.5) is 0 Å². The first-order valence-electron chi connectivity index (χ1n) is 8.92. The van der Waals surface area contributed by atoms with Crippen molar-refractivity contribution in [3.05, 3.63) is 52.7 Å². The number of halogens is 1. The van der Waals surface area contributed by atoms with E-state index in [0.29, 0.717) is 35.0 Å². The average Bonchev–Trinajstić information content (AvgIpc) is 2.71. The second-order valence-corrected chi connectivity index (χ2v) is 8.75. The van der Waals surface area contributed by atoms with Gasteiger partial charge in [-0.2, -0.15) is 12.7 Å². The highest BCUT2D eigenvalue weighted by atomic mass is 35.5. The lowest BCUT2D eigenvalue weighted by Gasteiger charge is -2.26. The highest BCUT2D eigenvalue weighted by molar-refractivity contribution is 7.86. The first kappa shape index (κ1) is 19.9. The quantitative estimate of drug-likeness (QED) is 0.682. The first-order valence-corrected chi connectivity index (χ1v) is 10.8. The van der Waals surface area contributed by atoms with Crippen LogP contribution >= 0.6 is 11.6 Å².